The number of hydrogen-bond acceptors (Lipinski definition) is 6. The van der Waals surface area contributed by atoms with E-state index < -0.39 is 17.7 Å². The second-order valence-corrected chi connectivity index (χ2v) is 7.81. The van der Waals surface area contributed by atoms with Crippen molar-refractivity contribution in [1.82, 2.24) is 14.8 Å². The lowest BCUT2D eigenvalue weighted by atomic mass is 9.97. The second-order valence-electron chi connectivity index (χ2n) is 7.81. The van der Waals surface area contributed by atoms with Gasteiger partial charge in [0.1, 0.15) is 17.6 Å². The zero-order chi connectivity index (χ0) is 23.3. The van der Waals surface area contributed by atoms with E-state index in [1.54, 1.807) is 43.6 Å². The lowest BCUT2D eigenvalue weighted by molar-refractivity contribution is -0.140. The van der Waals surface area contributed by atoms with Crippen LogP contribution in [0.4, 0.5) is 0 Å². The molecular formula is C25H31N3O4. The highest BCUT2D eigenvalue weighted by Gasteiger charge is 2.46. The van der Waals surface area contributed by atoms with Crippen LogP contribution in [0, 0.1) is 6.92 Å². The Hall–Kier alpha value is -3.19. The molecule has 2 heterocycles. The number of rotatable bonds is 9. The fourth-order valence-corrected chi connectivity index (χ4v) is 4.14. The number of aliphatic hydroxyl groups excluding tert-OH is 1. The molecule has 170 valence electrons. The molecule has 1 unspecified atom stereocenters. The van der Waals surface area contributed by atoms with Gasteiger partial charge in [-0.2, -0.15) is 0 Å². The zero-order valence-corrected chi connectivity index (χ0v) is 19.2. The van der Waals surface area contributed by atoms with Gasteiger partial charge in [0.25, 0.3) is 11.7 Å². The molecule has 7 heteroatoms. The second kappa shape index (κ2) is 10.4. The Kier molecular flexibility index (Phi) is 7.64. The molecule has 7 nitrogen and oxygen atoms in total. The predicted molar refractivity (Wildman–Crippen MR) is 123 cm³/mol. The average molecular weight is 438 g/mol. The first-order valence-corrected chi connectivity index (χ1v) is 11.0. The third-order valence-corrected chi connectivity index (χ3v) is 5.94. The van der Waals surface area contributed by atoms with E-state index in [2.05, 4.69) is 23.7 Å². The highest BCUT2D eigenvalue weighted by molar-refractivity contribution is 6.46. The Morgan fingerprint density at radius 3 is 2.53 bits per heavy atom. The van der Waals surface area contributed by atoms with Gasteiger partial charge in [0, 0.05) is 18.3 Å². The number of aryl methyl sites for hydroxylation is 1. The van der Waals surface area contributed by atoms with E-state index in [1.807, 2.05) is 13.0 Å². The predicted octanol–water partition coefficient (Wildman–Crippen LogP) is 3.55. The highest BCUT2D eigenvalue weighted by Crippen LogP contribution is 2.39. The van der Waals surface area contributed by atoms with Gasteiger partial charge < -0.3 is 19.6 Å². The summed E-state index contributed by atoms with van der Waals surface area (Å²) in [5.41, 5.74) is 1.91. The summed E-state index contributed by atoms with van der Waals surface area (Å²) in [5.74, 6) is -0.808. The SMILES string of the molecule is CCN(CC)CCCN1C(=O)C(=O)C(=C(O)c2ccc(OC)c(C)c2)C1c1ccccn1. The van der Waals surface area contributed by atoms with Crippen molar-refractivity contribution >= 4 is 17.4 Å². The van der Waals surface area contributed by atoms with Crippen molar-refractivity contribution in [3.8, 4) is 5.75 Å². The molecule has 1 N–H and O–H groups in total. The summed E-state index contributed by atoms with van der Waals surface area (Å²) < 4.78 is 5.29. The molecule has 0 spiro atoms. The summed E-state index contributed by atoms with van der Waals surface area (Å²) in [6, 6.07) is 9.82. The van der Waals surface area contributed by atoms with Gasteiger partial charge in [-0.05, 0) is 68.9 Å². The maximum Gasteiger partial charge on any atom is 0.295 e. The summed E-state index contributed by atoms with van der Waals surface area (Å²) in [7, 11) is 1.58. The molecule has 3 rings (SSSR count). The number of carbonyl (C=O) groups is 2. The van der Waals surface area contributed by atoms with E-state index >= 15 is 0 Å². The number of ether oxygens (including phenoxy) is 1. The van der Waals surface area contributed by atoms with Gasteiger partial charge in [-0.25, -0.2) is 0 Å². The van der Waals surface area contributed by atoms with Gasteiger partial charge in [-0.15, -0.1) is 0 Å². The van der Waals surface area contributed by atoms with E-state index in [1.165, 1.54) is 4.90 Å². The van der Waals surface area contributed by atoms with Gasteiger partial charge >= 0.3 is 0 Å². The van der Waals surface area contributed by atoms with Crippen LogP contribution < -0.4 is 4.74 Å². The number of aliphatic hydroxyl groups is 1. The number of likely N-dealkylation sites (tertiary alicyclic amines) is 1. The van der Waals surface area contributed by atoms with E-state index in [4.69, 9.17) is 4.74 Å². The normalized spacial score (nSPS) is 17.9. The van der Waals surface area contributed by atoms with E-state index in [-0.39, 0.29) is 11.3 Å². The van der Waals surface area contributed by atoms with Crippen LogP contribution in [0.25, 0.3) is 5.76 Å². The first-order chi connectivity index (χ1) is 15.4. The van der Waals surface area contributed by atoms with Crippen molar-refractivity contribution in [2.24, 2.45) is 0 Å². The molecule has 2 aromatic rings. The largest absolute Gasteiger partial charge is 0.507 e. The first kappa shape index (κ1) is 23.5. The van der Waals surface area contributed by atoms with Crippen LogP contribution in [0.3, 0.4) is 0 Å². The lowest BCUT2D eigenvalue weighted by Gasteiger charge is -2.26. The van der Waals surface area contributed by atoms with E-state index in [0.717, 1.165) is 31.6 Å². The zero-order valence-electron chi connectivity index (χ0n) is 19.2. The molecule has 1 amide bonds. The molecule has 1 atom stereocenters. The number of Topliss-reactive ketones (excluding diaryl/α,β-unsaturated/α-hetero) is 1. The van der Waals surface area contributed by atoms with Crippen LogP contribution in [-0.4, -0.2) is 64.9 Å². The molecule has 1 fully saturated rings. The summed E-state index contributed by atoms with van der Waals surface area (Å²) in [4.78, 5) is 34.3. The summed E-state index contributed by atoms with van der Waals surface area (Å²) in [5, 5.41) is 11.1. The van der Waals surface area contributed by atoms with E-state index in [9.17, 15) is 14.7 Å². The van der Waals surface area contributed by atoms with Crippen molar-refractivity contribution < 1.29 is 19.4 Å². The number of benzene rings is 1. The number of pyridine rings is 1. The van der Waals surface area contributed by atoms with Crippen LogP contribution in [-0.2, 0) is 9.59 Å². The third-order valence-electron chi connectivity index (χ3n) is 5.94. The molecule has 1 aliphatic rings. The Balaban J connectivity index is 2.02. The fraction of sp³-hybridized carbons (Fsp3) is 0.400. The first-order valence-electron chi connectivity index (χ1n) is 11.0. The number of amides is 1. The topological polar surface area (TPSA) is 83.0 Å². The summed E-state index contributed by atoms with van der Waals surface area (Å²) >= 11 is 0. The standard InChI is InChI=1S/C25H31N3O4/c1-5-27(6-2)14-9-15-28-22(19-10-7-8-13-26-19)21(24(30)25(28)31)23(29)18-11-12-20(32-4)17(3)16-18/h7-8,10-13,16,22,29H,5-6,9,14-15H2,1-4H3. The smallest absolute Gasteiger partial charge is 0.295 e. The maximum atomic E-state index is 13.1. The molecule has 1 saturated heterocycles. The van der Waals surface area contributed by atoms with Gasteiger partial charge in [-0.3, -0.25) is 14.6 Å². The summed E-state index contributed by atoms with van der Waals surface area (Å²) in [6.07, 6.45) is 2.35. The quantitative estimate of drug-likeness (QED) is 0.367. The Morgan fingerprint density at radius 1 is 1.19 bits per heavy atom. The van der Waals surface area contributed by atoms with E-state index in [0.29, 0.717) is 23.6 Å². The van der Waals surface area contributed by atoms with Crippen molar-refractivity contribution in [3.63, 3.8) is 0 Å². The molecule has 0 radical (unpaired) electrons. The molecule has 1 aliphatic heterocycles. The molecule has 32 heavy (non-hydrogen) atoms. The van der Waals surface area contributed by atoms with Gasteiger partial charge in [-0.1, -0.05) is 19.9 Å². The van der Waals surface area contributed by atoms with Crippen molar-refractivity contribution in [3.05, 3.63) is 65.0 Å². The fourth-order valence-electron chi connectivity index (χ4n) is 4.14. The molecule has 0 bridgehead atoms. The minimum Gasteiger partial charge on any atom is -0.507 e. The van der Waals surface area contributed by atoms with Crippen LogP contribution >= 0.6 is 0 Å². The number of nitrogens with zero attached hydrogens (tertiary/aromatic N) is 3. The van der Waals surface area contributed by atoms with Gasteiger partial charge in [0.2, 0.25) is 0 Å². The van der Waals surface area contributed by atoms with Gasteiger partial charge in [0.15, 0.2) is 0 Å². The molecule has 0 saturated carbocycles. The van der Waals surface area contributed by atoms with Crippen LogP contribution in [0.1, 0.15) is 43.1 Å². The van der Waals surface area contributed by atoms with Crippen molar-refractivity contribution in [2.75, 3.05) is 33.3 Å². The van der Waals surface area contributed by atoms with Crippen molar-refractivity contribution in [1.29, 1.82) is 0 Å². The number of hydrogen-bond donors (Lipinski definition) is 1. The number of methoxy groups -OCH3 is 1. The molecule has 1 aromatic heterocycles. The Labute approximate surface area is 189 Å². The third kappa shape index (κ3) is 4.67. The lowest BCUT2D eigenvalue weighted by Crippen LogP contribution is -2.33. The minimum absolute atomic E-state index is 0.0705. The summed E-state index contributed by atoms with van der Waals surface area (Å²) in [6.45, 7) is 9.13. The number of ketones is 1. The Bertz CT molecular complexity index is 1000. The highest BCUT2D eigenvalue weighted by atomic mass is 16.5. The number of aromatic nitrogens is 1. The van der Waals surface area contributed by atoms with Crippen molar-refractivity contribution in [2.45, 2.75) is 33.2 Å². The number of carbonyl (C=O) groups excluding carboxylic acids is 2. The Morgan fingerprint density at radius 2 is 1.94 bits per heavy atom. The maximum absolute atomic E-state index is 13.1. The molecular weight excluding hydrogens is 406 g/mol. The molecule has 0 aliphatic carbocycles. The van der Waals surface area contributed by atoms with Gasteiger partial charge in [0.05, 0.1) is 18.4 Å². The average Bonchev–Trinajstić information content (AvgIpc) is 3.06. The van der Waals surface area contributed by atoms with Crippen LogP contribution in [0.2, 0.25) is 0 Å². The van der Waals surface area contributed by atoms with Crippen LogP contribution in [0.15, 0.2) is 48.2 Å². The molecule has 1 aromatic carbocycles. The minimum atomic E-state index is -0.727. The van der Waals surface area contributed by atoms with Crippen LogP contribution in [0.5, 0.6) is 5.75 Å². The monoisotopic (exact) mass is 437 g/mol.